The minimum atomic E-state index is -0.253. The molecule has 0 aliphatic rings. The molecular formula is C13H21N3O2. The van der Waals surface area contributed by atoms with E-state index in [2.05, 4.69) is 10.5 Å². The summed E-state index contributed by atoms with van der Waals surface area (Å²) >= 11 is 0. The number of nitrogens with one attached hydrogen (secondary N) is 1. The number of nitrogens with two attached hydrogens (primary N) is 1. The Labute approximate surface area is 107 Å². The highest BCUT2D eigenvalue weighted by atomic mass is 16.4. The first-order valence-electron chi connectivity index (χ1n) is 6.09. The van der Waals surface area contributed by atoms with Crippen molar-refractivity contribution in [2.75, 3.05) is 6.54 Å². The Morgan fingerprint density at radius 3 is 2.83 bits per heavy atom. The van der Waals surface area contributed by atoms with Crippen molar-refractivity contribution in [3.8, 4) is 0 Å². The summed E-state index contributed by atoms with van der Waals surface area (Å²) in [6.07, 6.45) is 1.45. The third-order valence-corrected chi connectivity index (χ3v) is 2.69. The second-order valence-corrected chi connectivity index (χ2v) is 4.31. The van der Waals surface area contributed by atoms with E-state index in [-0.39, 0.29) is 11.9 Å². The van der Waals surface area contributed by atoms with Gasteiger partial charge < -0.3 is 21.4 Å². The summed E-state index contributed by atoms with van der Waals surface area (Å²) in [5, 5.41) is 24.1. The molecule has 100 valence electrons. The first-order valence-corrected chi connectivity index (χ1v) is 6.09. The molecule has 1 aromatic rings. The smallest absolute Gasteiger partial charge is 0.170 e. The van der Waals surface area contributed by atoms with Crippen molar-refractivity contribution in [2.45, 2.75) is 32.4 Å². The SMILES string of the molecule is CC(O)CCCNCc1ccccc1/C(N)=N/O. The van der Waals surface area contributed by atoms with E-state index in [0.29, 0.717) is 6.54 Å². The van der Waals surface area contributed by atoms with Gasteiger partial charge in [-0.1, -0.05) is 29.4 Å². The van der Waals surface area contributed by atoms with Crippen LogP contribution in [-0.2, 0) is 6.54 Å². The van der Waals surface area contributed by atoms with Crippen molar-refractivity contribution < 1.29 is 10.3 Å². The molecule has 5 N–H and O–H groups in total. The monoisotopic (exact) mass is 251 g/mol. The summed E-state index contributed by atoms with van der Waals surface area (Å²) in [5.74, 6) is 0.122. The number of rotatable bonds is 7. The van der Waals surface area contributed by atoms with Gasteiger partial charge in [-0.15, -0.1) is 0 Å². The number of nitrogens with zero attached hydrogens (tertiary/aromatic N) is 1. The van der Waals surface area contributed by atoms with Gasteiger partial charge in [0.05, 0.1) is 6.10 Å². The van der Waals surface area contributed by atoms with Crippen molar-refractivity contribution in [3.05, 3.63) is 35.4 Å². The molecule has 0 aliphatic heterocycles. The summed E-state index contributed by atoms with van der Waals surface area (Å²) in [7, 11) is 0. The van der Waals surface area contributed by atoms with Crippen LogP contribution in [-0.4, -0.2) is 28.8 Å². The molecule has 0 saturated heterocycles. The number of hydrogen-bond donors (Lipinski definition) is 4. The minimum absolute atomic E-state index is 0.122. The largest absolute Gasteiger partial charge is 0.409 e. The lowest BCUT2D eigenvalue weighted by atomic mass is 10.1. The normalized spacial score (nSPS) is 13.6. The number of aliphatic hydroxyl groups is 1. The van der Waals surface area contributed by atoms with E-state index >= 15 is 0 Å². The van der Waals surface area contributed by atoms with Gasteiger partial charge in [0.2, 0.25) is 0 Å². The Balaban J connectivity index is 2.47. The molecule has 0 spiro atoms. The molecule has 5 heteroatoms. The lowest BCUT2D eigenvalue weighted by molar-refractivity contribution is 0.181. The van der Waals surface area contributed by atoms with Crippen LogP contribution in [0.3, 0.4) is 0 Å². The number of benzene rings is 1. The second-order valence-electron chi connectivity index (χ2n) is 4.31. The molecule has 0 saturated carbocycles. The quantitative estimate of drug-likeness (QED) is 0.191. The molecule has 0 aliphatic carbocycles. The molecule has 0 fully saturated rings. The van der Waals surface area contributed by atoms with Gasteiger partial charge in [-0.05, 0) is 31.9 Å². The van der Waals surface area contributed by atoms with Crippen LogP contribution in [0.1, 0.15) is 30.9 Å². The van der Waals surface area contributed by atoms with E-state index in [1.807, 2.05) is 24.3 Å². The standard InChI is InChI=1S/C13H21N3O2/c1-10(17)5-4-8-15-9-11-6-2-3-7-12(11)13(14)16-18/h2-3,6-7,10,15,17-18H,4-5,8-9H2,1H3,(H2,14,16). The molecule has 1 atom stereocenters. The molecule has 1 aromatic carbocycles. The van der Waals surface area contributed by atoms with Crippen LogP contribution in [0.5, 0.6) is 0 Å². The number of oxime groups is 1. The van der Waals surface area contributed by atoms with E-state index in [1.54, 1.807) is 6.92 Å². The zero-order chi connectivity index (χ0) is 13.4. The van der Waals surface area contributed by atoms with Crippen molar-refractivity contribution in [3.63, 3.8) is 0 Å². The van der Waals surface area contributed by atoms with Crippen molar-refractivity contribution in [1.29, 1.82) is 0 Å². The van der Waals surface area contributed by atoms with Crippen LogP contribution in [0.4, 0.5) is 0 Å². The lowest BCUT2D eigenvalue weighted by Crippen LogP contribution is -2.21. The maximum Gasteiger partial charge on any atom is 0.170 e. The Morgan fingerprint density at radius 1 is 1.44 bits per heavy atom. The fourth-order valence-electron chi connectivity index (χ4n) is 1.72. The second kappa shape index (κ2) is 7.68. The van der Waals surface area contributed by atoms with Crippen LogP contribution in [0.2, 0.25) is 0 Å². The van der Waals surface area contributed by atoms with Gasteiger partial charge in [-0.3, -0.25) is 0 Å². The molecule has 18 heavy (non-hydrogen) atoms. The van der Waals surface area contributed by atoms with E-state index < -0.39 is 0 Å². The Hall–Kier alpha value is -1.59. The average molecular weight is 251 g/mol. The first kappa shape index (κ1) is 14.5. The van der Waals surface area contributed by atoms with E-state index in [4.69, 9.17) is 16.0 Å². The van der Waals surface area contributed by atoms with Gasteiger partial charge in [-0.2, -0.15) is 0 Å². The maximum atomic E-state index is 9.13. The zero-order valence-electron chi connectivity index (χ0n) is 10.6. The van der Waals surface area contributed by atoms with Gasteiger partial charge in [0.25, 0.3) is 0 Å². The molecule has 5 nitrogen and oxygen atoms in total. The average Bonchev–Trinajstić information content (AvgIpc) is 2.37. The van der Waals surface area contributed by atoms with E-state index in [0.717, 1.165) is 30.5 Å². The first-order chi connectivity index (χ1) is 8.65. The fourth-order valence-corrected chi connectivity index (χ4v) is 1.72. The highest BCUT2D eigenvalue weighted by Gasteiger charge is 2.05. The summed E-state index contributed by atoms with van der Waals surface area (Å²) in [5.41, 5.74) is 7.33. The molecule has 0 radical (unpaired) electrons. The summed E-state index contributed by atoms with van der Waals surface area (Å²) in [6.45, 7) is 3.27. The molecule has 0 aromatic heterocycles. The van der Waals surface area contributed by atoms with Gasteiger partial charge in [0, 0.05) is 12.1 Å². The molecule has 0 heterocycles. The van der Waals surface area contributed by atoms with Crippen molar-refractivity contribution >= 4 is 5.84 Å². The maximum absolute atomic E-state index is 9.13. The van der Waals surface area contributed by atoms with Crippen molar-refractivity contribution in [2.24, 2.45) is 10.9 Å². The topological polar surface area (TPSA) is 90.9 Å². The van der Waals surface area contributed by atoms with Crippen LogP contribution >= 0.6 is 0 Å². The zero-order valence-corrected chi connectivity index (χ0v) is 10.6. The van der Waals surface area contributed by atoms with E-state index in [1.165, 1.54) is 0 Å². The van der Waals surface area contributed by atoms with Gasteiger partial charge >= 0.3 is 0 Å². The molecule has 0 amide bonds. The van der Waals surface area contributed by atoms with Crippen LogP contribution in [0.25, 0.3) is 0 Å². The molecule has 1 rings (SSSR count). The molecule has 1 unspecified atom stereocenters. The Kier molecular flexibility index (Phi) is 6.18. The molecule has 0 bridgehead atoms. The van der Waals surface area contributed by atoms with Crippen LogP contribution < -0.4 is 11.1 Å². The number of hydrogen-bond acceptors (Lipinski definition) is 4. The Morgan fingerprint density at radius 2 is 2.17 bits per heavy atom. The predicted octanol–water partition coefficient (Wildman–Crippen LogP) is 1.03. The summed E-state index contributed by atoms with van der Waals surface area (Å²) < 4.78 is 0. The highest BCUT2D eigenvalue weighted by Crippen LogP contribution is 2.08. The van der Waals surface area contributed by atoms with Crippen molar-refractivity contribution in [1.82, 2.24) is 5.32 Å². The van der Waals surface area contributed by atoms with Gasteiger partial charge in [-0.25, -0.2) is 0 Å². The third kappa shape index (κ3) is 4.73. The molecular weight excluding hydrogens is 230 g/mol. The summed E-state index contributed by atoms with van der Waals surface area (Å²) in [4.78, 5) is 0. The van der Waals surface area contributed by atoms with Gasteiger partial charge in [0.1, 0.15) is 0 Å². The van der Waals surface area contributed by atoms with Crippen LogP contribution in [0.15, 0.2) is 29.4 Å². The minimum Gasteiger partial charge on any atom is -0.409 e. The fraction of sp³-hybridized carbons (Fsp3) is 0.462. The third-order valence-electron chi connectivity index (χ3n) is 2.69. The van der Waals surface area contributed by atoms with Crippen LogP contribution in [0, 0.1) is 0 Å². The predicted molar refractivity (Wildman–Crippen MR) is 71.6 cm³/mol. The summed E-state index contributed by atoms with van der Waals surface area (Å²) in [6, 6.07) is 7.53. The Bertz CT molecular complexity index is 392. The van der Waals surface area contributed by atoms with Gasteiger partial charge in [0.15, 0.2) is 5.84 Å². The number of aliphatic hydroxyl groups excluding tert-OH is 1. The number of amidine groups is 1. The lowest BCUT2D eigenvalue weighted by Gasteiger charge is -2.10. The highest BCUT2D eigenvalue weighted by molar-refractivity contribution is 5.98. The van der Waals surface area contributed by atoms with E-state index in [9.17, 15) is 0 Å².